The van der Waals surface area contributed by atoms with E-state index >= 15 is 0 Å². The van der Waals surface area contributed by atoms with Gasteiger partial charge in [-0.1, -0.05) is 12.8 Å². The van der Waals surface area contributed by atoms with Gasteiger partial charge in [0.05, 0.1) is 6.10 Å². The van der Waals surface area contributed by atoms with Crippen LogP contribution < -0.4 is 0 Å². The van der Waals surface area contributed by atoms with Crippen LogP contribution in [0.3, 0.4) is 0 Å². The first kappa shape index (κ1) is 6.47. The van der Waals surface area contributed by atoms with Crippen LogP contribution in [-0.4, -0.2) is 11.2 Å². The zero-order chi connectivity index (χ0) is 7.42. The standard InChI is InChI=1S/C10H16O/c11-9-4-3-7-8(10(7)9)5-6-1-2-6/h6-11H,1-5H2/t7-,8+,9?,10-/m0/s1. The molecule has 0 radical (unpaired) electrons. The van der Waals surface area contributed by atoms with Crippen LogP contribution in [0.25, 0.3) is 0 Å². The van der Waals surface area contributed by atoms with E-state index in [2.05, 4.69) is 0 Å². The summed E-state index contributed by atoms with van der Waals surface area (Å²) in [6, 6.07) is 0. The van der Waals surface area contributed by atoms with E-state index in [0.717, 1.165) is 30.1 Å². The molecule has 3 saturated carbocycles. The molecule has 3 fully saturated rings. The van der Waals surface area contributed by atoms with Crippen LogP contribution in [0.2, 0.25) is 0 Å². The van der Waals surface area contributed by atoms with Crippen LogP contribution in [0.15, 0.2) is 0 Å². The fourth-order valence-corrected chi connectivity index (χ4v) is 3.08. The lowest BCUT2D eigenvalue weighted by Gasteiger charge is -2.06. The van der Waals surface area contributed by atoms with Crippen LogP contribution in [-0.2, 0) is 0 Å². The number of fused-ring (bicyclic) bond motifs is 1. The Balaban J connectivity index is 1.59. The average Bonchev–Trinajstić information content (AvgIpc) is 2.85. The highest BCUT2D eigenvalue weighted by atomic mass is 16.3. The van der Waals surface area contributed by atoms with Crippen LogP contribution in [0, 0.1) is 23.7 Å². The summed E-state index contributed by atoms with van der Waals surface area (Å²) in [7, 11) is 0. The summed E-state index contributed by atoms with van der Waals surface area (Å²) >= 11 is 0. The molecule has 11 heavy (non-hydrogen) atoms. The van der Waals surface area contributed by atoms with Crippen LogP contribution in [0.5, 0.6) is 0 Å². The molecule has 0 amide bonds. The summed E-state index contributed by atoms with van der Waals surface area (Å²) in [4.78, 5) is 0. The number of rotatable bonds is 2. The largest absolute Gasteiger partial charge is 0.393 e. The predicted octanol–water partition coefficient (Wildman–Crippen LogP) is 1.80. The second-order valence-corrected chi connectivity index (χ2v) is 4.73. The van der Waals surface area contributed by atoms with Gasteiger partial charge in [0.2, 0.25) is 0 Å². The fraction of sp³-hybridized carbons (Fsp3) is 1.00. The Morgan fingerprint density at radius 2 is 1.91 bits per heavy atom. The lowest BCUT2D eigenvalue weighted by molar-refractivity contribution is 0.148. The van der Waals surface area contributed by atoms with Gasteiger partial charge < -0.3 is 5.11 Å². The molecule has 0 saturated heterocycles. The molecule has 1 unspecified atom stereocenters. The highest BCUT2D eigenvalue weighted by molar-refractivity contribution is 5.06. The fourth-order valence-electron chi connectivity index (χ4n) is 3.08. The average molecular weight is 152 g/mol. The predicted molar refractivity (Wildman–Crippen MR) is 43.1 cm³/mol. The van der Waals surface area contributed by atoms with Crippen molar-refractivity contribution in [3.8, 4) is 0 Å². The van der Waals surface area contributed by atoms with Gasteiger partial charge in [-0.25, -0.2) is 0 Å². The third-order valence-electron chi connectivity index (χ3n) is 3.94. The van der Waals surface area contributed by atoms with Crippen molar-refractivity contribution in [1.29, 1.82) is 0 Å². The smallest absolute Gasteiger partial charge is 0.0574 e. The van der Waals surface area contributed by atoms with E-state index in [1.54, 1.807) is 0 Å². The molecule has 0 spiro atoms. The SMILES string of the molecule is OC1CC[C@H]2[C@@H](CC3CC3)[C@@H]12. The molecular formula is C10H16O. The Morgan fingerprint density at radius 3 is 2.45 bits per heavy atom. The molecule has 0 aliphatic heterocycles. The molecule has 0 aromatic rings. The van der Waals surface area contributed by atoms with Gasteiger partial charge in [0.1, 0.15) is 0 Å². The molecule has 0 aromatic carbocycles. The van der Waals surface area contributed by atoms with Crippen LogP contribution >= 0.6 is 0 Å². The summed E-state index contributed by atoms with van der Waals surface area (Å²) in [5.41, 5.74) is 0. The normalized spacial score (nSPS) is 54.3. The van der Waals surface area contributed by atoms with E-state index in [-0.39, 0.29) is 6.10 Å². The summed E-state index contributed by atoms with van der Waals surface area (Å²) in [5.74, 6) is 3.71. The third kappa shape index (κ3) is 0.936. The van der Waals surface area contributed by atoms with Gasteiger partial charge in [0.15, 0.2) is 0 Å². The van der Waals surface area contributed by atoms with Gasteiger partial charge in [0, 0.05) is 0 Å². The number of aliphatic hydroxyl groups is 1. The zero-order valence-electron chi connectivity index (χ0n) is 6.87. The molecule has 3 aliphatic carbocycles. The van der Waals surface area contributed by atoms with Crippen molar-refractivity contribution in [2.75, 3.05) is 0 Å². The minimum Gasteiger partial charge on any atom is -0.393 e. The highest BCUT2D eigenvalue weighted by Crippen LogP contribution is 2.61. The monoisotopic (exact) mass is 152 g/mol. The minimum atomic E-state index is 0.0868. The quantitative estimate of drug-likeness (QED) is 0.639. The van der Waals surface area contributed by atoms with Crippen molar-refractivity contribution < 1.29 is 5.11 Å². The Labute approximate surface area is 67.8 Å². The first-order valence-electron chi connectivity index (χ1n) is 5.04. The summed E-state index contributed by atoms with van der Waals surface area (Å²) in [6.07, 6.45) is 6.91. The second-order valence-electron chi connectivity index (χ2n) is 4.73. The van der Waals surface area contributed by atoms with E-state index in [9.17, 15) is 5.11 Å². The summed E-state index contributed by atoms with van der Waals surface area (Å²) in [6.45, 7) is 0. The van der Waals surface area contributed by atoms with Gasteiger partial charge in [-0.15, -0.1) is 0 Å². The summed E-state index contributed by atoms with van der Waals surface area (Å²) in [5, 5.41) is 9.54. The molecule has 3 rings (SSSR count). The molecule has 0 heterocycles. The molecule has 4 atom stereocenters. The van der Waals surface area contributed by atoms with E-state index in [0.29, 0.717) is 0 Å². The lowest BCUT2D eigenvalue weighted by Crippen LogP contribution is -2.07. The second kappa shape index (κ2) is 2.01. The Hall–Kier alpha value is -0.0400. The highest BCUT2D eigenvalue weighted by Gasteiger charge is 2.57. The van der Waals surface area contributed by atoms with Crippen LogP contribution in [0.4, 0.5) is 0 Å². The Bertz CT molecular complexity index is 174. The molecule has 3 aliphatic rings. The van der Waals surface area contributed by atoms with Gasteiger partial charge >= 0.3 is 0 Å². The van der Waals surface area contributed by atoms with Crippen molar-refractivity contribution in [3.05, 3.63) is 0 Å². The minimum absolute atomic E-state index is 0.0868. The molecular weight excluding hydrogens is 136 g/mol. The Morgan fingerprint density at radius 1 is 1.09 bits per heavy atom. The topological polar surface area (TPSA) is 20.2 Å². The maximum absolute atomic E-state index is 9.54. The van der Waals surface area contributed by atoms with E-state index in [1.165, 1.54) is 25.7 Å². The van der Waals surface area contributed by atoms with Crippen LogP contribution in [0.1, 0.15) is 32.1 Å². The van der Waals surface area contributed by atoms with Crippen molar-refractivity contribution in [2.45, 2.75) is 38.2 Å². The molecule has 1 heteroatoms. The zero-order valence-corrected chi connectivity index (χ0v) is 6.87. The van der Waals surface area contributed by atoms with Crippen molar-refractivity contribution in [3.63, 3.8) is 0 Å². The number of hydrogen-bond donors (Lipinski definition) is 1. The molecule has 62 valence electrons. The molecule has 0 aromatic heterocycles. The maximum Gasteiger partial charge on any atom is 0.0574 e. The molecule has 1 nitrogen and oxygen atoms in total. The van der Waals surface area contributed by atoms with Gasteiger partial charge in [-0.3, -0.25) is 0 Å². The molecule has 0 bridgehead atoms. The first-order chi connectivity index (χ1) is 5.36. The van der Waals surface area contributed by atoms with Gasteiger partial charge in [-0.05, 0) is 42.9 Å². The molecule has 1 N–H and O–H groups in total. The van der Waals surface area contributed by atoms with Gasteiger partial charge in [-0.2, -0.15) is 0 Å². The first-order valence-corrected chi connectivity index (χ1v) is 5.04. The van der Waals surface area contributed by atoms with E-state index < -0.39 is 0 Å². The van der Waals surface area contributed by atoms with Crippen molar-refractivity contribution in [2.24, 2.45) is 23.7 Å². The summed E-state index contributed by atoms with van der Waals surface area (Å²) < 4.78 is 0. The number of aliphatic hydroxyl groups excluding tert-OH is 1. The van der Waals surface area contributed by atoms with Crippen molar-refractivity contribution >= 4 is 0 Å². The third-order valence-corrected chi connectivity index (χ3v) is 3.94. The maximum atomic E-state index is 9.54. The van der Waals surface area contributed by atoms with E-state index in [1.807, 2.05) is 0 Å². The van der Waals surface area contributed by atoms with E-state index in [4.69, 9.17) is 0 Å². The number of hydrogen-bond acceptors (Lipinski definition) is 1. The van der Waals surface area contributed by atoms with Crippen molar-refractivity contribution in [1.82, 2.24) is 0 Å². The van der Waals surface area contributed by atoms with Gasteiger partial charge in [0.25, 0.3) is 0 Å². The lowest BCUT2D eigenvalue weighted by atomic mass is 10.0. The Kier molecular flexibility index (Phi) is 1.18.